The van der Waals surface area contributed by atoms with Crippen molar-refractivity contribution in [1.29, 1.82) is 0 Å². The molecule has 2 heterocycles. The Labute approximate surface area is 137 Å². The maximum absolute atomic E-state index is 12.4. The highest BCUT2D eigenvalue weighted by molar-refractivity contribution is 6.04. The lowest BCUT2D eigenvalue weighted by atomic mass is 10.1. The van der Waals surface area contributed by atoms with Crippen LogP contribution >= 0.6 is 0 Å². The van der Waals surface area contributed by atoms with Crippen molar-refractivity contribution in [3.63, 3.8) is 0 Å². The zero-order valence-electron chi connectivity index (χ0n) is 14.2. The van der Waals surface area contributed by atoms with Gasteiger partial charge >= 0.3 is 0 Å². The number of anilines is 2. The molecule has 1 aromatic heterocycles. The fourth-order valence-electron chi connectivity index (χ4n) is 2.85. The molecular formula is C18H24N4O. The maximum atomic E-state index is 12.4. The summed E-state index contributed by atoms with van der Waals surface area (Å²) in [5.74, 6) is 0.954. The van der Waals surface area contributed by atoms with Crippen LogP contribution in [0.3, 0.4) is 0 Å². The zero-order chi connectivity index (χ0) is 16.6. The van der Waals surface area contributed by atoms with E-state index in [2.05, 4.69) is 36.3 Å². The molecule has 0 aliphatic carbocycles. The molecule has 2 aromatic rings. The number of hydrogen-bond acceptors (Lipinski definition) is 4. The van der Waals surface area contributed by atoms with Crippen LogP contribution in [-0.2, 0) is 11.2 Å². The number of hydrogen-bond donors (Lipinski definition) is 2. The first-order valence-corrected chi connectivity index (χ1v) is 8.03. The summed E-state index contributed by atoms with van der Waals surface area (Å²) in [5.41, 5.74) is 2.88. The van der Waals surface area contributed by atoms with Crippen molar-refractivity contribution in [1.82, 2.24) is 10.3 Å². The molecule has 122 valence electrons. The van der Waals surface area contributed by atoms with E-state index in [-0.39, 0.29) is 11.4 Å². The highest BCUT2D eigenvalue weighted by Crippen LogP contribution is 2.36. The van der Waals surface area contributed by atoms with Crippen LogP contribution in [0.4, 0.5) is 11.5 Å². The van der Waals surface area contributed by atoms with E-state index in [1.165, 1.54) is 0 Å². The Morgan fingerprint density at radius 1 is 1.30 bits per heavy atom. The molecule has 5 nitrogen and oxygen atoms in total. The number of fused-ring (bicyclic) bond motifs is 2. The molecule has 0 spiro atoms. The molecule has 0 radical (unpaired) electrons. The Morgan fingerprint density at radius 3 is 2.78 bits per heavy atom. The second kappa shape index (κ2) is 5.81. The van der Waals surface area contributed by atoms with Gasteiger partial charge in [-0.05, 0) is 33.3 Å². The number of para-hydroxylation sites is 1. The van der Waals surface area contributed by atoms with E-state index >= 15 is 0 Å². The van der Waals surface area contributed by atoms with E-state index in [9.17, 15) is 4.79 Å². The molecule has 1 aromatic carbocycles. The molecule has 0 saturated heterocycles. The molecule has 1 amide bonds. The van der Waals surface area contributed by atoms with Gasteiger partial charge in [-0.25, -0.2) is 4.98 Å². The van der Waals surface area contributed by atoms with Gasteiger partial charge in [-0.15, -0.1) is 0 Å². The average molecular weight is 312 g/mol. The molecule has 1 aliphatic rings. The van der Waals surface area contributed by atoms with Crippen LogP contribution in [-0.4, -0.2) is 36.6 Å². The molecule has 5 heteroatoms. The zero-order valence-corrected chi connectivity index (χ0v) is 14.2. The van der Waals surface area contributed by atoms with Crippen molar-refractivity contribution in [2.75, 3.05) is 30.4 Å². The minimum absolute atomic E-state index is 0.0203. The number of pyridine rings is 1. The van der Waals surface area contributed by atoms with Gasteiger partial charge in [0.05, 0.1) is 17.7 Å². The van der Waals surface area contributed by atoms with Gasteiger partial charge in [0.25, 0.3) is 0 Å². The standard InChI is InChI=1S/C18H24N4O/c1-18(2,3)19-11-15(23)21-16-12-7-5-6-8-14(12)20-17-13(16)9-10-22(17)4/h5-8,19H,9-11H2,1-4H3,(H,20,21,23). The molecule has 0 bridgehead atoms. The molecule has 23 heavy (non-hydrogen) atoms. The second-order valence-corrected chi connectivity index (χ2v) is 7.13. The number of benzene rings is 1. The lowest BCUT2D eigenvalue weighted by Gasteiger charge is -2.21. The van der Waals surface area contributed by atoms with Gasteiger partial charge in [0.2, 0.25) is 5.91 Å². The lowest BCUT2D eigenvalue weighted by Crippen LogP contribution is -2.41. The fraction of sp³-hybridized carbons (Fsp3) is 0.444. The predicted octanol–water partition coefficient (Wildman–Crippen LogP) is 2.55. The number of carbonyl (C=O) groups excluding carboxylic acids is 1. The number of carbonyl (C=O) groups is 1. The fourth-order valence-corrected chi connectivity index (χ4v) is 2.85. The lowest BCUT2D eigenvalue weighted by molar-refractivity contribution is -0.115. The highest BCUT2D eigenvalue weighted by Gasteiger charge is 2.24. The van der Waals surface area contributed by atoms with Crippen LogP contribution in [0.1, 0.15) is 26.3 Å². The number of likely N-dealkylation sites (N-methyl/N-ethyl adjacent to an activating group) is 1. The van der Waals surface area contributed by atoms with Crippen LogP contribution in [0, 0.1) is 0 Å². The molecule has 2 N–H and O–H groups in total. The molecular weight excluding hydrogens is 288 g/mol. The maximum Gasteiger partial charge on any atom is 0.238 e. The average Bonchev–Trinajstić information content (AvgIpc) is 2.86. The summed E-state index contributed by atoms with van der Waals surface area (Å²) in [6.45, 7) is 7.38. The Hall–Kier alpha value is -2.14. The largest absolute Gasteiger partial charge is 0.359 e. The Kier molecular flexibility index (Phi) is 3.98. The van der Waals surface area contributed by atoms with Crippen molar-refractivity contribution in [3.05, 3.63) is 29.8 Å². The highest BCUT2D eigenvalue weighted by atomic mass is 16.1. The number of nitrogens with one attached hydrogen (secondary N) is 2. The van der Waals surface area contributed by atoms with E-state index < -0.39 is 0 Å². The second-order valence-electron chi connectivity index (χ2n) is 7.13. The number of nitrogens with zero attached hydrogens (tertiary/aromatic N) is 2. The van der Waals surface area contributed by atoms with E-state index in [0.717, 1.165) is 40.9 Å². The van der Waals surface area contributed by atoms with Gasteiger partial charge in [0.15, 0.2) is 0 Å². The number of amides is 1. The van der Waals surface area contributed by atoms with Crippen molar-refractivity contribution >= 4 is 28.3 Å². The van der Waals surface area contributed by atoms with Gasteiger partial charge in [0, 0.05) is 30.1 Å². The van der Waals surface area contributed by atoms with Crippen LogP contribution in [0.5, 0.6) is 0 Å². The van der Waals surface area contributed by atoms with Crippen LogP contribution in [0.2, 0.25) is 0 Å². The third kappa shape index (κ3) is 3.29. The van der Waals surface area contributed by atoms with Crippen molar-refractivity contribution < 1.29 is 4.79 Å². The molecule has 0 unspecified atom stereocenters. The van der Waals surface area contributed by atoms with E-state index in [4.69, 9.17) is 4.98 Å². The summed E-state index contributed by atoms with van der Waals surface area (Å²) in [6.07, 6.45) is 0.909. The minimum Gasteiger partial charge on any atom is -0.359 e. The topological polar surface area (TPSA) is 57.3 Å². The van der Waals surface area contributed by atoms with E-state index in [0.29, 0.717) is 6.54 Å². The van der Waals surface area contributed by atoms with E-state index in [1.54, 1.807) is 0 Å². The third-order valence-electron chi connectivity index (χ3n) is 4.07. The molecule has 1 aliphatic heterocycles. The Morgan fingerprint density at radius 2 is 2.04 bits per heavy atom. The first-order chi connectivity index (χ1) is 10.8. The summed E-state index contributed by atoms with van der Waals surface area (Å²) in [5, 5.41) is 7.34. The van der Waals surface area contributed by atoms with Gasteiger partial charge in [-0.2, -0.15) is 0 Å². The molecule has 3 rings (SSSR count). The summed E-state index contributed by atoms with van der Waals surface area (Å²) in [4.78, 5) is 19.3. The Bertz CT molecular complexity index is 749. The summed E-state index contributed by atoms with van der Waals surface area (Å²) in [7, 11) is 2.04. The molecule has 0 fully saturated rings. The number of rotatable bonds is 3. The predicted molar refractivity (Wildman–Crippen MR) is 95.1 cm³/mol. The van der Waals surface area contributed by atoms with Gasteiger partial charge in [0.1, 0.15) is 5.82 Å². The normalized spacial score (nSPS) is 14.2. The van der Waals surface area contributed by atoms with Crippen molar-refractivity contribution in [2.45, 2.75) is 32.7 Å². The first-order valence-electron chi connectivity index (χ1n) is 8.03. The Balaban J connectivity index is 1.95. The number of aromatic nitrogens is 1. The third-order valence-corrected chi connectivity index (χ3v) is 4.07. The van der Waals surface area contributed by atoms with Gasteiger partial charge < -0.3 is 15.5 Å². The van der Waals surface area contributed by atoms with Crippen LogP contribution < -0.4 is 15.5 Å². The first kappa shape index (κ1) is 15.7. The molecule has 0 saturated carbocycles. The van der Waals surface area contributed by atoms with Gasteiger partial charge in [-0.1, -0.05) is 18.2 Å². The smallest absolute Gasteiger partial charge is 0.238 e. The van der Waals surface area contributed by atoms with Crippen LogP contribution in [0.25, 0.3) is 10.9 Å². The minimum atomic E-state index is -0.0835. The molecule has 0 atom stereocenters. The van der Waals surface area contributed by atoms with Crippen molar-refractivity contribution in [3.8, 4) is 0 Å². The summed E-state index contributed by atoms with van der Waals surface area (Å²) >= 11 is 0. The quantitative estimate of drug-likeness (QED) is 0.914. The monoisotopic (exact) mass is 312 g/mol. The van der Waals surface area contributed by atoms with E-state index in [1.807, 2.05) is 31.3 Å². The van der Waals surface area contributed by atoms with Gasteiger partial charge in [-0.3, -0.25) is 4.79 Å². The summed E-state index contributed by atoms with van der Waals surface area (Å²) < 4.78 is 0. The summed E-state index contributed by atoms with van der Waals surface area (Å²) in [6, 6.07) is 7.97. The van der Waals surface area contributed by atoms with Crippen molar-refractivity contribution in [2.24, 2.45) is 0 Å². The van der Waals surface area contributed by atoms with Crippen LogP contribution in [0.15, 0.2) is 24.3 Å². The SMILES string of the molecule is CN1CCc2c1nc1ccccc1c2NC(=O)CNC(C)(C)C.